The molecule has 2 aromatic heterocycles. The first-order valence-corrected chi connectivity index (χ1v) is 10.1. The maximum atomic E-state index is 12.4. The van der Waals surface area contributed by atoms with Crippen molar-refractivity contribution in [2.75, 3.05) is 20.1 Å². The van der Waals surface area contributed by atoms with Crippen LogP contribution in [-0.4, -0.2) is 47.0 Å². The molecule has 0 radical (unpaired) electrons. The van der Waals surface area contributed by atoms with Gasteiger partial charge < -0.3 is 9.80 Å². The second-order valence-corrected chi connectivity index (χ2v) is 8.58. The van der Waals surface area contributed by atoms with Crippen molar-refractivity contribution < 1.29 is 9.59 Å². The van der Waals surface area contributed by atoms with Crippen LogP contribution in [0.15, 0.2) is 34.3 Å². The molecule has 1 saturated heterocycles. The quantitative estimate of drug-likeness (QED) is 0.813. The normalized spacial score (nSPS) is 21.0. The van der Waals surface area contributed by atoms with Crippen molar-refractivity contribution >= 4 is 46.2 Å². The zero-order valence-corrected chi connectivity index (χ0v) is 15.4. The van der Waals surface area contributed by atoms with E-state index in [4.69, 9.17) is 0 Å². The minimum Gasteiger partial charge on any atom is -0.339 e. The third kappa shape index (κ3) is 3.46. The number of likely N-dealkylation sites (N-methyl/N-ethyl adjacent to an activating group) is 1. The number of carbonyl (C=O) groups is 2. The molecule has 122 valence electrons. The summed E-state index contributed by atoms with van der Waals surface area (Å²) in [6, 6.07) is 5.78. The molecule has 2 aromatic rings. The lowest BCUT2D eigenvalue weighted by molar-refractivity contribution is -0.129. The second kappa shape index (κ2) is 7.07. The van der Waals surface area contributed by atoms with Crippen LogP contribution in [0.2, 0.25) is 0 Å². The van der Waals surface area contributed by atoms with E-state index >= 15 is 0 Å². The number of hydrogen-bond acceptors (Lipinski definition) is 5. The minimum atomic E-state index is -0.0294. The summed E-state index contributed by atoms with van der Waals surface area (Å²) in [6.45, 7) is 3.05. The molecular weight excluding hydrogens is 348 g/mol. The summed E-state index contributed by atoms with van der Waals surface area (Å²) in [6.07, 6.45) is 0. The third-order valence-corrected chi connectivity index (χ3v) is 6.78. The van der Waals surface area contributed by atoms with Gasteiger partial charge in [-0.15, -0.1) is 23.1 Å². The van der Waals surface area contributed by atoms with Crippen molar-refractivity contribution in [3.8, 4) is 0 Å². The Morgan fingerprint density at radius 2 is 2.17 bits per heavy atom. The Morgan fingerprint density at radius 1 is 1.35 bits per heavy atom. The van der Waals surface area contributed by atoms with Gasteiger partial charge in [0.25, 0.3) is 5.91 Å². The van der Waals surface area contributed by atoms with Gasteiger partial charge in [-0.05, 0) is 40.8 Å². The number of amides is 2. The van der Waals surface area contributed by atoms with Gasteiger partial charge in [-0.3, -0.25) is 9.59 Å². The molecule has 4 nitrogen and oxygen atoms in total. The van der Waals surface area contributed by atoms with E-state index in [2.05, 4.69) is 11.4 Å². The fourth-order valence-corrected chi connectivity index (χ4v) is 5.30. The van der Waals surface area contributed by atoms with Gasteiger partial charge >= 0.3 is 0 Å². The highest BCUT2D eigenvalue weighted by Gasteiger charge is 2.38. The van der Waals surface area contributed by atoms with Gasteiger partial charge in [0.15, 0.2) is 0 Å². The average Bonchev–Trinajstić information content (AvgIpc) is 3.27. The molecule has 2 atom stereocenters. The fourth-order valence-electron chi connectivity index (χ4n) is 2.52. The van der Waals surface area contributed by atoms with Gasteiger partial charge in [0.1, 0.15) is 5.37 Å². The predicted molar refractivity (Wildman–Crippen MR) is 97.1 cm³/mol. The highest BCUT2D eigenvalue weighted by atomic mass is 32.2. The Morgan fingerprint density at radius 3 is 2.83 bits per heavy atom. The number of thiophene rings is 2. The van der Waals surface area contributed by atoms with Crippen molar-refractivity contribution in [1.29, 1.82) is 0 Å². The largest absolute Gasteiger partial charge is 0.339 e. The summed E-state index contributed by atoms with van der Waals surface area (Å²) in [5, 5.41) is 6.06. The molecule has 0 saturated carbocycles. The van der Waals surface area contributed by atoms with Crippen LogP contribution in [0, 0.1) is 0 Å². The monoisotopic (exact) mass is 366 g/mol. The molecule has 7 heteroatoms. The summed E-state index contributed by atoms with van der Waals surface area (Å²) in [5.74, 6) is 0.169. The minimum absolute atomic E-state index is 0.0134. The van der Waals surface area contributed by atoms with Crippen LogP contribution in [0.1, 0.15) is 27.5 Å². The lowest BCUT2D eigenvalue weighted by atomic mass is 10.2. The Kier molecular flexibility index (Phi) is 5.08. The SMILES string of the molecule is C[C@H]1S[C@@H](c2ccsc2)N(CCN(C)C(=O)c2cccs2)C1=O. The molecule has 0 spiro atoms. The smallest absolute Gasteiger partial charge is 0.263 e. The highest BCUT2D eigenvalue weighted by Crippen LogP contribution is 2.43. The summed E-state index contributed by atoms with van der Waals surface area (Å²) in [4.78, 5) is 29.0. The number of hydrogen-bond donors (Lipinski definition) is 0. The lowest BCUT2D eigenvalue weighted by Crippen LogP contribution is -2.38. The van der Waals surface area contributed by atoms with Crippen molar-refractivity contribution in [3.63, 3.8) is 0 Å². The molecule has 1 fully saturated rings. The van der Waals surface area contributed by atoms with E-state index in [0.717, 1.165) is 4.88 Å². The summed E-state index contributed by atoms with van der Waals surface area (Å²) in [7, 11) is 1.79. The molecule has 3 heterocycles. The van der Waals surface area contributed by atoms with Gasteiger partial charge in [-0.2, -0.15) is 11.3 Å². The summed E-state index contributed by atoms with van der Waals surface area (Å²) in [5.41, 5.74) is 1.17. The highest BCUT2D eigenvalue weighted by molar-refractivity contribution is 8.01. The van der Waals surface area contributed by atoms with Crippen LogP contribution in [0.5, 0.6) is 0 Å². The first-order valence-electron chi connectivity index (χ1n) is 7.35. The van der Waals surface area contributed by atoms with E-state index in [1.54, 1.807) is 35.0 Å². The average molecular weight is 367 g/mol. The maximum Gasteiger partial charge on any atom is 0.263 e. The van der Waals surface area contributed by atoms with E-state index in [1.165, 1.54) is 16.9 Å². The molecule has 0 N–H and O–H groups in total. The van der Waals surface area contributed by atoms with Crippen LogP contribution >= 0.6 is 34.4 Å². The van der Waals surface area contributed by atoms with Gasteiger partial charge in [-0.25, -0.2) is 0 Å². The second-order valence-electron chi connectivity index (χ2n) is 5.42. The van der Waals surface area contributed by atoms with Crippen molar-refractivity contribution in [2.45, 2.75) is 17.5 Å². The zero-order chi connectivity index (χ0) is 16.4. The topological polar surface area (TPSA) is 40.6 Å². The molecule has 3 rings (SSSR count). The Hall–Kier alpha value is -1.31. The molecular formula is C16H18N2O2S3. The van der Waals surface area contributed by atoms with Gasteiger partial charge in [0.05, 0.1) is 10.1 Å². The van der Waals surface area contributed by atoms with Crippen molar-refractivity contribution in [1.82, 2.24) is 9.80 Å². The molecule has 0 aromatic carbocycles. The Labute approximate surface area is 148 Å². The first-order chi connectivity index (χ1) is 11.1. The Balaban J connectivity index is 1.65. The van der Waals surface area contributed by atoms with Crippen molar-refractivity contribution in [2.24, 2.45) is 0 Å². The van der Waals surface area contributed by atoms with Gasteiger partial charge in [0.2, 0.25) is 5.91 Å². The number of thioether (sulfide) groups is 1. The molecule has 0 aliphatic carbocycles. The molecule has 0 bridgehead atoms. The molecule has 0 unspecified atom stereocenters. The molecule has 2 amide bonds. The number of rotatable bonds is 5. The van der Waals surface area contributed by atoms with Crippen LogP contribution in [0.4, 0.5) is 0 Å². The molecule has 1 aliphatic heterocycles. The van der Waals surface area contributed by atoms with Crippen LogP contribution < -0.4 is 0 Å². The number of nitrogens with zero attached hydrogens (tertiary/aromatic N) is 2. The maximum absolute atomic E-state index is 12.4. The third-order valence-electron chi connectivity index (χ3n) is 3.83. The van der Waals surface area contributed by atoms with E-state index in [9.17, 15) is 9.59 Å². The van der Waals surface area contributed by atoms with E-state index in [1.807, 2.05) is 34.7 Å². The van der Waals surface area contributed by atoms with Gasteiger partial charge in [-0.1, -0.05) is 6.07 Å². The van der Waals surface area contributed by atoms with Crippen LogP contribution in [0.3, 0.4) is 0 Å². The summed E-state index contributed by atoms with van der Waals surface area (Å²) >= 11 is 4.77. The number of carbonyl (C=O) groups excluding carboxylic acids is 2. The molecule has 23 heavy (non-hydrogen) atoms. The summed E-state index contributed by atoms with van der Waals surface area (Å²) < 4.78 is 0. The fraction of sp³-hybridized carbons (Fsp3) is 0.375. The van der Waals surface area contributed by atoms with E-state index in [-0.39, 0.29) is 22.4 Å². The predicted octanol–water partition coefficient (Wildman–Crippen LogP) is 3.54. The lowest BCUT2D eigenvalue weighted by Gasteiger charge is -2.26. The Bertz CT molecular complexity index is 670. The van der Waals surface area contributed by atoms with E-state index < -0.39 is 0 Å². The van der Waals surface area contributed by atoms with E-state index in [0.29, 0.717) is 13.1 Å². The van der Waals surface area contributed by atoms with Crippen LogP contribution in [0.25, 0.3) is 0 Å². The molecule has 1 aliphatic rings. The van der Waals surface area contributed by atoms with Gasteiger partial charge in [0, 0.05) is 20.1 Å². The van der Waals surface area contributed by atoms with Crippen molar-refractivity contribution in [3.05, 3.63) is 44.8 Å². The first kappa shape index (κ1) is 16.5. The van der Waals surface area contributed by atoms with Crippen LogP contribution in [-0.2, 0) is 4.79 Å². The standard InChI is InChI=1S/C16H18N2O2S3/c1-11-14(19)18(16(23-11)12-5-9-21-10-12)7-6-17(2)15(20)13-4-3-8-22-13/h3-5,8-11,16H,6-7H2,1-2H3/t11-,16+/m1/s1. The zero-order valence-electron chi connectivity index (χ0n) is 13.0.